The van der Waals surface area contributed by atoms with Crippen molar-refractivity contribution in [3.63, 3.8) is 0 Å². The minimum absolute atomic E-state index is 0.534. The van der Waals surface area contributed by atoms with Gasteiger partial charge in [-0.15, -0.1) is 0 Å². The van der Waals surface area contributed by atoms with E-state index < -0.39 is 8.32 Å². The Morgan fingerprint density at radius 3 is 2.00 bits per heavy atom. The first-order valence-corrected chi connectivity index (χ1v) is 8.26. The van der Waals surface area contributed by atoms with Gasteiger partial charge in [-0.05, 0) is 48.1 Å². The minimum atomic E-state index is -1.60. The predicted molar refractivity (Wildman–Crippen MR) is 62.2 cm³/mol. The van der Waals surface area contributed by atoms with Crippen molar-refractivity contribution in [3.05, 3.63) is 22.6 Å². The maximum Gasteiger partial charge on any atom is 0.280 e. The number of methoxy groups -OCH3 is 1. The van der Waals surface area contributed by atoms with E-state index in [0.29, 0.717) is 5.95 Å². The van der Waals surface area contributed by atoms with E-state index in [1.54, 1.807) is 7.11 Å². The molecule has 0 fully saturated rings. The van der Waals surface area contributed by atoms with Crippen molar-refractivity contribution in [2.24, 2.45) is 0 Å². The molecule has 0 aliphatic rings. The summed E-state index contributed by atoms with van der Waals surface area (Å²) in [6.45, 7) is 12.0. The number of halogens is 1. The third-order valence-corrected chi connectivity index (χ3v) is 2.94. The summed E-state index contributed by atoms with van der Waals surface area (Å²) in [5, 5.41) is 0. The predicted octanol–water partition coefficient (Wildman–Crippen LogP) is 3.62. The van der Waals surface area contributed by atoms with Crippen molar-refractivity contribution in [2.75, 3.05) is 7.11 Å². The van der Waals surface area contributed by atoms with Gasteiger partial charge in [0.1, 0.15) is 0 Å². The molecule has 0 saturated carbocycles. The Bertz CT molecular complexity index is 228. The molecule has 0 aromatic heterocycles. The number of ether oxygens (including phenoxy) is 1. The Hall–Kier alpha value is -0.223. The van der Waals surface area contributed by atoms with Crippen molar-refractivity contribution >= 4 is 24.2 Å². The molecule has 0 bridgehead atoms. The van der Waals surface area contributed by atoms with Gasteiger partial charge in [0, 0.05) is 0 Å². The van der Waals surface area contributed by atoms with Gasteiger partial charge in [0.15, 0.2) is 0 Å². The lowest BCUT2D eigenvalue weighted by Gasteiger charge is -2.21. The van der Waals surface area contributed by atoms with Gasteiger partial charge in [0.25, 0.3) is 5.95 Å². The van der Waals surface area contributed by atoms with Crippen LogP contribution in [-0.4, -0.2) is 15.4 Å². The summed E-state index contributed by atoms with van der Waals surface area (Å²) in [7, 11) is -0.00699. The number of allylic oxidation sites excluding steroid dienone is 2. The van der Waals surface area contributed by atoms with Crippen LogP contribution in [0.2, 0.25) is 19.6 Å². The van der Waals surface area contributed by atoms with Crippen LogP contribution in [0.1, 0.15) is 6.92 Å². The summed E-state index contributed by atoms with van der Waals surface area (Å²) < 4.78 is 11.6. The molecule has 0 unspecified atom stereocenters. The second-order valence-corrected chi connectivity index (χ2v) is 9.02. The van der Waals surface area contributed by atoms with Crippen LogP contribution in [0.3, 0.4) is 0 Å². The van der Waals surface area contributed by atoms with E-state index in [2.05, 4.69) is 42.1 Å². The lowest BCUT2D eigenvalue weighted by Crippen LogP contribution is -2.25. The molecule has 0 aromatic carbocycles. The van der Waals surface area contributed by atoms with Gasteiger partial charge in [-0.1, -0.05) is 6.58 Å². The first-order valence-electron chi connectivity index (χ1n) is 4.06. The molecule has 0 radical (unpaired) electrons. The van der Waals surface area contributed by atoms with E-state index in [4.69, 9.17) is 9.16 Å². The normalized spacial score (nSPS) is 13.4. The van der Waals surface area contributed by atoms with Gasteiger partial charge in [0.2, 0.25) is 8.32 Å². The average Bonchev–Trinajstić information content (AvgIpc) is 1.97. The van der Waals surface area contributed by atoms with Crippen LogP contribution < -0.4 is 0 Å². The Kier molecular flexibility index (Phi) is 4.78. The maximum atomic E-state index is 5.70. The fraction of sp³-hybridized carbons (Fsp3) is 0.556. The summed E-state index contributed by atoms with van der Waals surface area (Å²) in [6.07, 6.45) is 0. The fourth-order valence-corrected chi connectivity index (χ4v) is 1.76. The minimum Gasteiger partial charge on any atom is -0.519 e. The van der Waals surface area contributed by atoms with E-state index in [0.717, 1.165) is 10.1 Å². The Balaban J connectivity index is 4.70. The van der Waals surface area contributed by atoms with Gasteiger partial charge in [-0.2, -0.15) is 0 Å². The summed E-state index contributed by atoms with van der Waals surface area (Å²) in [5.41, 5.74) is 0.898. The molecular formula is C9H17BrO2Si. The van der Waals surface area contributed by atoms with Crippen LogP contribution in [-0.2, 0) is 9.16 Å². The van der Waals surface area contributed by atoms with Crippen LogP contribution in [0.25, 0.3) is 0 Å². The van der Waals surface area contributed by atoms with Crippen molar-refractivity contribution in [2.45, 2.75) is 26.6 Å². The van der Waals surface area contributed by atoms with Crippen LogP contribution in [0, 0.1) is 0 Å². The summed E-state index contributed by atoms with van der Waals surface area (Å²) >= 11 is 3.37. The highest BCUT2D eigenvalue weighted by molar-refractivity contribution is 9.12. The molecule has 0 aliphatic carbocycles. The zero-order chi connectivity index (χ0) is 10.6. The molecule has 0 N–H and O–H groups in total. The van der Waals surface area contributed by atoms with Crippen molar-refractivity contribution < 1.29 is 9.16 Å². The molecule has 0 saturated heterocycles. The number of rotatable bonds is 4. The van der Waals surface area contributed by atoms with E-state index >= 15 is 0 Å². The standard InChI is InChI=1S/C9H17BrO2Si/c1-7(2)8(10)9(11-3)12-13(4,5)6/h1H2,2-6H3/b9-8-. The van der Waals surface area contributed by atoms with Crippen molar-refractivity contribution in [1.29, 1.82) is 0 Å². The summed E-state index contributed by atoms with van der Waals surface area (Å²) in [5.74, 6) is 0.534. The molecule has 0 amide bonds. The molecule has 0 aliphatic heterocycles. The molecule has 0 atom stereocenters. The van der Waals surface area contributed by atoms with Crippen LogP contribution in [0.4, 0.5) is 0 Å². The lowest BCUT2D eigenvalue weighted by atomic mass is 10.3. The van der Waals surface area contributed by atoms with E-state index in [9.17, 15) is 0 Å². The zero-order valence-corrected chi connectivity index (χ0v) is 11.5. The molecule has 2 nitrogen and oxygen atoms in total. The van der Waals surface area contributed by atoms with Gasteiger partial charge < -0.3 is 9.16 Å². The van der Waals surface area contributed by atoms with Gasteiger partial charge >= 0.3 is 0 Å². The fourth-order valence-electron chi connectivity index (χ4n) is 0.628. The Morgan fingerprint density at radius 2 is 1.77 bits per heavy atom. The monoisotopic (exact) mass is 264 g/mol. The molecule has 0 aromatic rings. The quantitative estimate of drug-likeness (QED) is 0.439. The third-order valence-electron chi connectivity index (χ3n) is 1.14. The molecule has 76 valence electrons. The third kappa shape index (κ3) is 5.16. The first kappa shape index (κ1) is 12.8. The zero-order valence-electron chi connectivity index (χ0n) is 8.90. The van der Waals surface area contributed by atoms with Crippen molar-refractivity contribution in [1.82, 2.24) is 0 Å². The Morgan fingerprint density at radius 1 is 1.31 bits per heavy atom. The highest BCUT2D eigenvalue weighted by Gasteiger charge is 2.20. The SMILES string of the molecule is C=C(C)/C(Br)=C(\OC)O[Si](C)(C)C. The average molecular weight is 265 g/mol. The lowest BCUT2D eigenvalue weighted by molar-refractivity contribution is 0.146. The van der Waals surface area contributed by atoms with Crippen molar-refractivity contribution in [3.8, 4) is 0 Å². The Labute approximate surface area is 89.9 Å². The first-order chi connectivity index (χ1) is 5.78. The maximum absolute atomic E-state index is 5.70. The van der Waals surface area contributed by atoms with Gasteiger partial charge in [0.05, 0.1) is 11.6 Å². The molecular weight excluding hydrogens is 248 g/mol. The molecule has 0 rings (SSSR count). The van der Waals surface area contributed by atoms with Crippen LogP contribution in [0.15, 0.2) is 22.6 Å². The molecule has 13 heavy (non-hydrogen) atoms. The highest BCUT2D eigenvalue weighted by atomic mass is 79.9. The van der Waals surface area contributed by atoms with Crippen LogP contribution >= 0.6 is 15.9 Å². The van der Waals surface area contributed by atoms with Gasteiger partial charge in [-0.3, -0.25) is 0 Å². The number of hydrogen-bond acceptors (Lipinski definition) is 2. The second-order valence-electron chi connectivity index (χ2n) is 3.80. The summed E-state index contributed by atoms with van der Waals surface area (Å²) in [4.78, 5) is 0. The van der Waals surface area contributed by atoms with Crippen LogP contribution in [0.5, 0.6) is 0 Å². The van der Waals surface area contributed by atoms with E-state index in [-0.39, 0.29) is 0 Å². The smallest absolute Gasteiger partial charge is 0.280 e. The highest BCUT2D eigenvalue weighted by Crippen LogP contribution is 2.23. The van der Waals surface area contributed by atoms with Gasteiger partial charge in [-0.25, -0.2) is 0 Å². The topological polar surface area (TPSA) is 18.5 Å². The largest absolute Gasteiger partial charge is 0.519 e. The second kappa shape index (κ2) is 4.86. The summed E-state index contributed by atoms with van der Waals surface area (Å²) in [6, 6.07) is 0. The number of hydrogen-bond donors (Lipinski definition) is 0. The molecule has 0 spiro atoms. The molecule has 4 heteroatoms. The van der Waals surface area contributed by atoms with E-state index in [1.165, 1.54) is 0 Å². The van der Waals surface area contributed by atoms with E-state index in [1.807, 2.05) is 6.92 Å². The molecule has 0 heterocycles.